The average Bonchev–Trinajstić information content (AvgIpc) is 2.45. The Labute approximate surface area is 136 Å². The van der Waals surface area contributed by atoms with Crippen LogP contribution in [-0.4, -0.2) is 12.6 Å². The molecular formula is C15H14BrClN2O2. The average molecular weight is 370 g/mol. The van der Waals surface area contributed by atoms with Crippen LogP contribution in [0.4, 0.5) is 17.1 Å². The Bertz CT molecular complexity index is 677. The zero-order valence-electron chi connectivity index (χ0n) is 11.3. The number of ether oxygens (including phenoxy) is 1. The van der Waals surface area contributed by atoms with Gasteiger partial charge in [0.25, 0.3) is 0 Å². The Hall–Kier alpha value is -1.72. The molecule has 0 aliphatic heterocycles. The molecule has 0 fully saturated rings. The van der Waals surface area contributed by atoms with Gasteiger partial charge in [0.05, 0.1) is 22.9 Å². The standard InChI is InChI=1S/C15H14BrClN2O2/c1-2-21-15(20)11-7-9(18)3-6-14(11)19-10-4-5-13(17)12(16)8-10/h3-8,19H,2,18H2,1H3. The molecule has 0 heterocycles. The predicted molar refractivity (Wildman–Crippen MR) is 89.2 cm³/mol. The first-order valence-electron chi connectivity index (χ1n) is 6.30. The van der Waals surface area contributed by atoms with Gasteiger partial charge in [-0.3, -0.25) is 0 Å². The molecule has 6 heteroatoms. The fourth-order valence-corrected chi connectivity index (χ4v) is 2.27. The lowest BCUT2D eigenvalue weighted by atomic mass is 10.1. The van der Waals surface area contributed by atoms with E-state index in [4.69, 9.17) is 22.1 Å². The van der Waals surface area contributed by atoms with E-state index in [0.717, 1.165) is 10.2 Å². The molecule has 0 radical (unpaired) electrons. The molecule has 3 N–H and O–H groups in total. The van der Waals surface area contributed by atoms with Gasteiger partial charge < -0.3 is 15.8 Å². The van der Waals surface area contributed by atoms with Crippen molar-refractivity contribution < 1.29 is 9.53 Å². The predicted octanol–water partition coefficient (Wildman–Crippen LogP) is 4.61. The van der Waals surface area contributed by atoms with E-state index in [2.05, 4.69) is 21.2 Å². The van der Waals surface area contributed by atoms with Crippen molar-refractivity contribution in [3.8, 4) is 0 Å². The van der Waals surface area contributed by atoms with Gasteiger partial charge in [0.1, 0.15) is 0 Å². The van der Waals surface area contributed by atoms with Crippen molar-refractivity contribution in [3.63, 3.8) is 0 Å². The Morgan fingerprint density at radius 2 is 2.10 bits per heavy atom. The van der Waals surface area contributed by atoms with Gasteiger partial charge in [-0.15, -0.1) is 0 Å². The number of rotatable bonds is 4. The quantitative estimate of drug-likeness (QED) is 0.610. The molecule has 4 nitrogen and oxygen atoms in total. The molecule has 2 rings (SSSR count). The highest BCUT2D eigenvalue weighted by atomic mass is 79.9. The van der Waals surface area contributed by atoms with Crippen LogP contribution < -0.4 is 11.1 Å². The molecule has 0 spiro atoms. The first-order chi connectivity index (χ1) is 10.0. The van der Waals surface area contributed by atoms with Crippen molar-refractivity contribution in [1.82, 2.24) is 0 Å². The molecule has 0 atom stereocenters. The van der Waals surface area contributed by atoms with E-state index >= 15 is 0 Å². The van der Waals surface area contributed by atoms with Gasteiger partial charge in [0.2, 0.25) is 0 Å². The van der Waals surface area contributed by atoms with E-state index in [1.165, 1.54) is 0 Å². The molecular weight excluding hydrogens is 356 g/mol. The molecule has 2 aromatic carbocycles. The van der Waals surface area contributed by atoms with Crippen LogP contribution in [0.1, 0.15) is 17.3 Å². The maximum absolute atomic E-state index is 12.0. The number of carbonyl (C=O) groups excluding carboxylic acids is 1. The Kier molecular flexibility index (Phi) is 5.09. The van der Waals surface area contributed by atoms with Crippen LogP contribution in [0, 0.1) is 0 Å². The number of anilines is 3. The van der Waals surface area contributed by atoms with E-state index in [-0.39, 0.29) is 0 Å². The van der Waals surface area contributed by atoms with Crippen LogP contribution in [0.15, 0.2) is 40.9 Å². The monoisotopic (exact) mass is 368 g/mol. The van der Waals surface area contributed by atoms with E-state index in [0.29, 0.717) is 28.6 Å². The number of nitrogens with one attached hydrogen (secondary N) is 1. The summed E-state index contributed by atoms with van der Waals surface area (Å²) in [5, 5.41) is 3.78. The number of halogens is 2. The Morgan fingerprint density at radius 1 is 1.33 bits per heavy atom. The summed E-state index contributed by atoms with van der Waals surface area (Å²) in [6.45, 7) is 2.06. The van der Waals surface area contributed by atoms with Gasteiger partial charge in [-0.2, -0.15) is 0 Å². The fourth-order valence-electron chi connectivity index (χ4n) is 1.78. The molecule has 0 saturated carbocycles. The largest absolute Gasteiger partial charge is 0.462 e. The maximum Gasteiger partial charge on any atom is 0.340 e. The topological polar surface area (TPSA) is 64.3 Å². The normalized spacial score (nSPS) is 10.2. The van der Waals surface area contributed by atoms with Crippen LogP contribution in [0.25, 0.3) is 0 Å². The summed E-state index contributed by atoms with van der Waals surface area (Å²) in [4.78, 5) is 12.0. The van der Waals surface area contributed by atoms with Crippen LogP contribution in [0.5, 0.6) is 0 Å². The van der Waals surface area contributed by atoms with Crippen molar-refractivity contribution in [2.24, 2.45) is 0 Å². The molecule has 0 aliphatic rings. The molecule has 0 aromatic heterocycles. The van der Waals surface area contributed by atoms with Crippen molar-refractivity contribution in [2.75, 3.05) is 17.7 Å². The lowest BCUT2D eigenvalue weighted by molar-refractivity contribution is 0.0527. The minimum Gasteiger partial charge on any atom is -0.462 e. The second kappa shape index (κ2) is 6.83. The highest BCUT2D eigenvalue weighted by Crippen LogP contribution is 2.29. The number of hydrogen-bond acceptors (Lipinski definition) is 4. The van der Waals surface area contributed by atoms with Crippen LogP contribution in [0.2, 0.25) is 5.02 Å². The first-order valence-corrected chi connectivity index (χ1v) is 7.47. The van der Waals surface area contributed by atoms with Crippen molar-refractivity contribution in [1.29, 1.82) is 0 Å². The van der Waals surface area contributed by atoms with Gasteiger partial charge in [0.15, 0.2) is 0 Å². The molecule has 0 amide bonds. The minimum atomic E-state index is -0.416. The summed E-state index contributed by atoms with van der Waals surface area (Å²) >= 11 is 9.32. The third-order valence-electron chi connectivity index (χ3n) is 2.74. The van der Waals surface area contributed by atoms with Gasteiger partial charge in [-0.1, -0.05) is 11.6 Å². The third-order valence-corrected chi connectivity index (χ3v) is 3.95. The van der Waals surface area contributed by atoms with E-state index in [1.807, 2.05) is 12.1 Å². The van der Waals surface area contributed by atoms with Crippen LogP contribution in [-0.2, 0) is 4.74 Å². The van der Waals surface area contributed by atoms with Crippen molar-refractivity contribution in [2.45, 2.75) is 6.92 Å². The van der Waals surface area contributed by atoms with E-state index < -0.39 is 5.97 Å². The van der Waals surface area contributed by atoms with Crippen molar-refractivity contribution in [3.05, 3.63) is 51.5 Å². The van der Waals surface area contributed by atoms with Crippen molar-refractivity contribution >= 4 is 50.6 Å². The van der Waals surface area contributed by atoms with Crippen LogP contribution >= 0.6 is 27.5 Å². The summed E-state index contributed by atoms with van der Waals surface area (Å²) in [6.07, 6.45) is 0. The molecule has 21 heavy (non-hydrogen) atoms. The van der Waals surface area contributed by atoms with Gasteiger partial charge in [-0.25, -0.2) is 4.79 Å². The minimum absolute atomic E-state index is 0.305. The van der Waals surface area contributed by atoms with E-state index in [1.54, 1.807) is 31.2 Å². The number of hydrogen-bond donors (Lipinski definition) is 2. The number of nitrogens with two attached hydrogens (primary N) is 1. The Balaban J connectivity index is 2.34. The smallest absolute Gasteiger partial charge is 0.340 e. The lowest BCUT2D eigenvalue weighted by Crippen LogP contribution is -2.08. The lowest BCUT2D eigenvalue weighted by Gasteiger charge is -2.12. The Morgan fingerprint density at radius 3 is 2.76 bits per heavy atom. The van der Waals surface area contributed by atoms with E-state index in [9.17, 15) is 4.79 Å². The maximum atomic E-state index is 12.0. The molecule has 110 valence electrons. The third kappa shape index (κ3) is 3.89. The second-order valence-corrected chi connectivity index (χ2v) is 5.54. The summed E-state index contributed by atoms with van der Waals surface area (Å²) in [6, 6.07) is 10.5. The number of benzene rings is 2. The summed E-state index contributed by atoms with van der Waals surface area (Å²) in [7, 11) is 0. The highest BCUT2D eigenvalue weighted by Gasteiger charge is 2.13. The van der Waals surface area contributed by atoms with Gasteiger partial charge in [-0.05, 0) is 59.3 Å². The summed E-state index contributed by atoms with van der Waals surface area (Å²) < 4.78 is 5.81. The summed E-state index contributed by atoms with van der Waals surface area (Å²) in [5.74, 6) is -0.416. The first kappa shape index (κ1) is 15.7. The highest BCUT2D eigenvalue weighted by molar-refractivity contribution is 9.10. The zero-order chi connectivity index (χ0) is 15.4. The molecule has 0 unspecified atom stereocenters. The number of carbonyl (C=O) groups is 1. The van der Waals surface area contributed by atoms with Gasteiger partial charge in [0, 0.05) is 15.8 Å². The molecule has 2 aromatic rings. The fraction of sp³-hybridized carbons (Fsp3) is 0.133. The molecule has 0 saturated heterocycles. The van der Waals surface area contributed by atoms with Crippen LogP contribution in [0.3, 0.4) is 0 Å². The molecule has 0 aliphatic carbocycles. The number of esters is 1. The number of nitrogen functional groups attached to an aromatic ring is 1. The SMILES string of the molecule is CCOC(=O)c1cc(N)ccc1Nc1ccc(Cl)c(Br)c1. The molecule has 0 bridgehead atoms. The van der Waals surface area contributed by atoms with Gasteiger partial charge >= 0.3 is 5.97 Å². The summed E-state index contributed by atoms with van der Waals surface area (Å²) in [5.41, 5.74) is 8.05. The zero-order valence-corrected chi connectivity index (χ0v) is 13.7. The second-order valence-electron chi connectivity index (χ2n) is 4.28.